The Morgan fingerprint density at radius 2 is 2.14 bits per heavy atom. The van der Waals surface area contributed by atoms with Gasteiger partial charge in [-0.1, -0.05) is 6.92 Å². The predicted octanol–water partition coefficient (Wildman–Crippen LogP) is 2.08. The Kier molecular flexibility index (Phi) is 2.10. The molecule has 0 saturated heterocycles. The molecule has 1 aliphatic heterocycles. The molecule has 1 fully saturated rings. The van der Waals surface area contributed by atoms with Crippen molar-refractivity contribution >= 4 is 5.91 Å². The summed E-state index contributed by atoms with van der Waals surface area (Å²) < 4.78 is 13.3. The van der Waals surface area contributed by atoms with Crippen molar-refractivity contribution in [2.75, 3.05) is 0 Å². The van der Waals surface area contributed by atoms with Crippen molar-refractivity contribution in [2.24, 2.45) is 17.8 Å². The van der Waals surface area contributed by atoms with Gasteiger partial charge in [-0.25, -0.2) is 0 Å². The summed E-state index contributed by atoms with van der Waals surface area (Å²) in [5.41, 5.74) is 0.515. The molecule has 14 heavy (non-hydrogen) atoms. The molecular weight excluding hydrogens is 185 g/mol. The van der Waals surface area contributed by atoms with Gasteiger partial charge in [-0.2, -0.15) is 9.45 Å². The van der Waals surface area contributed by atoms with E-state index in [-0.39, 0.29) is 22.8 Å². The average Bonchev–Trinajstić information content (AvgIpc) is 2.54. The lowest BCUT2D eigenvalue weighted by Crippen LogP contribution is -2.41. The predicted molar refractivity (Wildman–Crippen MR) is 47.8 cm³/mol. The Balaban J connectivity index is 2.42. The Morgan fingerprint density at radius 1 is 1.50 bits per heavy atom. The van der Waals surface area contributed by atoms with Crippen molar-refractivity contribution in [3.63, 3.8) is 0 Å². The van der Waals surface area contributed by atoms with Gasteiger partial charge < -0.3 is 0 Å². The minimum absolute atomic E-state index is 0.000833. The summed E-state index contributed by atoms with van der Waals surface area (Å²) >= 11 is 0. The molecule has 4 heteroatoms. The van der Waals surface area contributed by atoms with Gasteiger partial charge >= 0.3 is 0 Å². The zero-order valence-corrected chi connectivity index (χ0v) is 8.33. The van der Waals surface area contributed by atoms with Crippen molar-refractivity contribution in [1.29, 1.82) is 0 Å². The summed E-state index contributed by atoms with van der Waals surface area (Å²) in [4.78, 5) is 11.6. The van der Waals surface area contributed by atoms with Crippen LogP contribution in [0.1, 0.15) is 26.7 Å². The molecule has 0 aromatic carbocycles. The first kappa shape index (κ1) is 9.65. The molecule has 2 rings (SSSR count). The van der Waals surface area contributed by atoms with E-state index in [9.17, 15) is 14.4 Å². The maximum absolute atomic E-state index is 13.3. The lowest BCUT2D eigenvalue weighted by Gasteiger charge is -2.31. The second-order valence-electron chi connectivity index (χ2n) is 4.31. The fraction of sp³-hybridized carbons (Fsp3) is 0.700. The molecular formula is C10H14FNO2. The second kappa shape index (κ2) is 3.05. The van der Waals surface area contributed by atoms with Crippen LogP contribution >= 0.6 is 0 Å². The first-order chi connectivity index (χ1) is 6.54. The molecule has 0 bridgehead atoms. The van der Waals surface area contributed by atoms with Gasteiger partial charge in [-0.05, 0) is 37.2 Å². The van der Waals surface area contributed by atoms with Gasteiger partial charge in [0.1, 0.15) is 0 Å². The highest BCUT2D eigenvalue weighted by molar-refractivity contribution is 5.82. The van der Waals surface area contributed by atoms with E-state index in [1.54, 1.807) is 6.92 Å². The zero-order chi connectivity index (χ0) is 10.5. The van der Waals surface area contributed by atoms with Gasteiger partial charge in [0.25, 0.3) is 5.91 Å². The van der Waals surface area contributed by atoms with Gasteiger partial charge in [0, 0.05) is 0 Å². The van der Waals surface area contributed by atoms with E-state index >= 15 is 0 Å². The van der Waals surface area contributed by atoms with E-state index < -0.39 is 11.9 Å². The highest BCUT2D eigenvalue weighted by Crippen LogP contribution is 2.46. The molecule has 1 saturated carbocycles. The molecule has 3 atom stereocenters. The fourth-order valence-corrected chi connectivity index (χ4v) is 2.66. The first-order valence-electron chi connectivity index (χ1n) is 4.93. The van der Waals surface area contributed by atoms with Crippen LogP contribution in [0.4, 0.5) is 4.39 Å². The smallest absolute Gasteiger partial charge is 0.256 e. The number of carbonyl (C=O) groups excluding carboxylic acids is 1. The molecule has 3 nitrogen and oxygen atoms in total. The summed E-state index contributed by atoms with van der Waals surface area (Å²) in [6.45, 7) is 3.63. The average molecular weight is 199 g/mol. The molecule has 0 spiro atoms. The number of halogens is 1. The van der Waals surface area contributed by atoms with E-state index in [1.165, 1.54) is 0 Å². The summed E-state index contributed by atoms with van der Waals surface area (Å²) in [7, 11) is 0. The van der Waals surface area contributed by atoms with Gasteiger partial charge in [0.05, 0.1) is 5.92 Å². The molecule has 1 amide bonds. The van der Waals surface area contributed by atoms with Crippen LogP contribution < -0.4 is 0 Å². The zero-order valence-electron chi connectivity index (χ0n) is 8.33. The van der Waals surface area contributed by atoms with Crippen molar-refractivity contribution in [3.05, 3.63) is 11.5 Å². The number of carbonyl (C=O) groups is 1. The molecule has 1 aliphatic carbocycles. The van der Waals surface area contributed by atoms with Crippen LogP contribution in [0.15, 0.2) is 11.5 Å². The Morgan fingerprint density at radius 3 is 2.79 bits per heavy atom. The largest absolute Gasteiger partial charge is 0.279 e. The monoisotopic (exact) mass is 199 g/mol. The van der Waals surface area contributed by atoms with Crippen LogP contribution in [-0.2, 0) is 4.79 Å². The molecule has 0 radical (unpaired) electrons. The van der Waals surface area contributed by atoms with Gasteiger partial charge in [-0.3, -0.25) is 10.0 Å². The molecule has 0 unspecified atom stereocenters. The fourth-order valence-electron chi connectivity index (χ4n) is 2.66. The third-order valence-corrected chi connectivity index (χ3v) is 3.54. The topological polar surface area (TPSA) is 40.5 Å². The summed E-state index contributed by atoms with van der Waals surface area (Å²) in [6.07, 6.45) is 1.78. The first-order valence-corrected chi connectivity index (χ1v) is 4.93. The minimum Gasteiger partial charge on any atom is -0.279 e. The number of nitrogens with zero attached hydrogens (tertiary/aromatic N) is 1. The Labute approximate surface area is 82.2 Å². The van der Waals surface area contributed by atoms with Crippen LogP contribution in [0.3, 0.4) is 0 Å². The van der Waals surface area contributed by atoms with Crippen molar-refractivity contribution < 1.29 is 14.4 Å². The number of rotatable bonds is 0. The summed E-state index contributed by atoms with van der Waals surface area (Å²) in [5.74, 6) is -1.24. The van der Waals surface area contributed by atoms with Crippen LogP contribution in [0.5, 0.6) is 0 Å². The number of hydrogen-bond acceptors (Lipinski definition) is 2. The number of fused-ring (bicyclic) bond motifs is 1. The van der Waals surface area contributed by atoms with Crippen LogP contribution in [0.25, 0.3) is 0 Å². The van der Waals surface area contributed by atoms with Crippen molar-refractivity contribution in [2.45, 2.75) is 26.7 Å². The van der Waals surface area contributed by atoms with Crippen molar-refractivity contribution in [1.82, 2.24) is 5.06 Å². The summed E-state index contributed by atoms with van der Waals surface area (Å²) in [6, 6.07) is 0. The molecule has 0 aromatic heterocycles. The number of hydroxylamine groups is 2. The maximum atomic E-state index is 13.3. The molecule has 1 N–H and O–H groups in total. The maximum Gasteiger partial charge on any atom is 0.256 e. The lowest BCUT2D eigenvalue weighted by atomic mass is 9.83. The normalized spacial score (nSPS) is 37.9. The Bertz CT molecular complexity index is 313. The molecule has 2 aliphatic rings. The third-order valence-electron chi connectivity index (χ3n) is 3.54. The van der Waals surface area contributed by atoms with Crippen LogP contribution in [0.2, 0.25) is 0 Å². The number of amides is 1. The molecule has 0 aromatic rings. The molecule has 78 valence electrons. The quantitative estimate of drug-likeness (QED) is 0.479. The van der Waals surface area contributed by atoms with E-state index in [4.69, 9.17) is 0 Å². The van der Waals surface area contributed by atoms with E-state index in [0.717, 1.165) is 12.8 Å². The van der Waals surface area contributed by atoms with Crippen LogP contribution in [-0.4, -0.2) is 16.2 Å². The Hall–Kier alpha value is -0.900. The van der Waals surface area contributed by atoms with E-state index in [2.05, 4.69) is 0 Å². The number of allylic oxidation sites excluding steroid dienone is 1. The highest BCUT2D eigenvalue weighted by Gasteiger charge is 2.46. The lowest BCUT2D eigenvalue weighted by molar-refractivity contribution is -0.171. The van der Waals surface area contributed by atoms with E-state index in [0.29, 0.717) is 5.57 Å². The van der Waals surface area contributed by atoms with Crippen LogP contribution in [0, 0.1) is 17.8 Å². The van der Waals surface area contributed by atoms with Gasteiger partial charge in [0.2, 0.25) is 5.95 Å². The SMILES string of the molecule is CC1=C(F)N(O)C(=O)[C@H]2[C@@H]1CC[C@@H]2C. The van der Waals surface area contributed by atoms with Gasteiger partial charge in [0.15, 0.2) is 0 Å². The minimum atomic E-state index is -0.773. The van der Waals surface area contributed by atoms with Gasteiger partial charge in [-0.15, -0.1) is 0 Å². The van der Waals surface area contributed by atoms with Crippen molar-refractivity contribution in [3.8, 4) is 0 Å². The van der Waals surface area contributed by atoms with E-state index in [1.807, 2.05) is 6.92 Å². The second-order valence-corrected chi connectivity index (χ2v) is 4.31. The number of hydrogen-bond donors (Lipinski definition) is 1. The third kappa shape index (κ3) is 1.10. The summed E-state index contributed by atoms with van der Waals surface area (Å²) in [5, 5.41) is 9.41. The highest BCUT2D eigenvalue weighted by atomic mass is 19.1. The standard InChI is InChI=1S/C10H14FNO2/c1-5-3-4-7-6(2)9(11)12(14)10(13)8(5)7/h5,7-8,14H,3-4H2,1-2H3/t5-,7+,8+/m0/s1. The molecule has 1 heterocycles.